The van der Waals surface area contributed by atoms with E-state index in [0.717, 1.165) is 10.4 Å². The minimum Gasteiger partial charge on any atom is -0.253 e. The molecule has 0 amide bonds. The Bertz CT molecular complexity index is 639. The van der Waals surface area contributed by atoms with Crippen molar-refractivity contribution < 1.29 is 8.42 Å². The van der Waals surface area contributed by atoms with Crippen LogP contribution in [0.3, 0.4) is 0 Å². The molecule has 0 aliphatic rings. The molecule has 0 saturated heterocycles. The summed E-state index contributed by atoms with van der Waals surface area (Å²) in [6, 6.07) is 6.53. The van der Waals surface area contributed by atoms with Crippen molar-refractivity contribution in [2.75, 3.05) is 0 Å². The van der Waals surface area contributed by atoms with E-state index in [-0.39, 0.29) is 10.9 Å². The summed E-state index contributed by atoms with van der Waals surface area (Å²) in [6.07, 6.45) is 1.81. The molecule has 1 heterocycles. The molecule has 0 fully saturated rings. The van der Waals surface area contributed by atoms with E-state index in [1.165, 1.54) is 12.1 Å². The first kappa shape index (κ1) is 15.1. The van der Waals surface area contributed by atoms with Crippen molar-refractivity contribution in [1.29, 1.82) is 0 Å². The molecule has 2 aromatic rings. The van der Waals surface area contributed by atoms with Crippen molar-refractivity contribution in [3.05, 3.63) is 46.4 Å². The summed E-state index contributed by atoms with van der Waals surface area (Å²) in [5.74, 6) is 0. The summed E-state index contributed by atoms with van der Waals surface area (Å²) in [5, 5.41) is 5.06. The van der Waals surface area contributed by atoms with E-state index in [2.05, 4.69) is 15.8 Å². The predicted octanol–water partition coefficient (Wildman–Crippen LogP) is 1.15. The lowest BCUT2D eigenvalue weighted by molar-refractivity contribution is 0.462. The number of sulfonamides is 1. The lowest BCUT2D eigenvalue weighted by Gasteiger charge is -2.15. The summed E-state index contributed by atoms with van der Waals surface area (Å²) in [6.45, 7) is 2.66. The summed E-state index contributed by atoms with van der Waals surface area (Å²) in [5.41, 5.74) is 9.00. The van der Waals surface area contributed by atoms with Gasteiger partial charge in [-0.2, -0.15) is 0 Å². The lowest BCUT2D eigenvalue weighted by atomic mass is 10.1. The molecular formula is C12H16N4O2S2. The van der Waals surface area contributed by atoms with E-state index in [4.69, 9.17) is 5.14 Å². The minimum atomic E-state index is -3.63. The maximum absolute atomic E-state index is 11.2. The molecular weight excluding hydrogens is 296 g/mol. The van der Waals surface area contributed by atoms with Crippen LogP contribution >= 0.6 is 11.3 Å². The summed E-state index contributed by atoms with van der Waals surface area (Å²) >= 11 is 1.58. The van der Waals surface area contributed by atoms with Gasteiger partial charge in [-0.3, -0.25) is 15.8 Å². The Hall–Kier alpha value is -1.32. The molecule has 4 N–H and O–H groups in total. The molecule has 1 aromatic heterocycles. The Kier molecular flexibility index (Phi) is 4.84. The second-order valence-corrected chi connectivity index (χ2v) is 6.83. The standard InChI is InChI=1S/C12H16N4O2S2/c1-9(16-15-7-11-6-14-8-19-11)10-2-4-12(5-3-10)20(13,17)18/h2-6,8-9,15-16H,7H2,1H3,(H2,13,17,18). The van der Waals surface area contributed by atoms with Gasteiger partial charge < -0.3 is 0 Å². The van der Waals surface area contributed by atoms with Crippen molar-refractivity contribution in [2.45, 2.75) is 24.4 Å². The summed E-state index contributed by atoms with van der Waals surface area (Å²) < 4.78 is 22.3. The molecule has 0 radical (unpaired) electrons. The second kappa shape index (κ2) is 6.42. The fourth-order valence-electron chi connectivity index (χ4n) is 1.65. The fourth-order valence-corrected chi connectivity index (χ4v) is 2.70. The van der Waals surface area contributed by atoms with Gasteiger partial charge in [0.05, 0.1) is 10.4 Å². The number of thiazole rings is 1. The summed E-state index contributed by atoms with van der Waals surface area (Å²) in [4.78, 5) is 5.24. The fraction of sp³-hybridized carbons (Fsp3) is 0.250. The van der Waals surface area contributed by atoms with Gasteiger partial charge in [-0.25, -0.2) is 13.6 Å². The highest BCUT2D eigenvalue weighted by molar-refractivity contribution is 7.89. The number of hydrogen-bond donors (Lipinski definition) is 3. The smallest absolute Gasteiger partial charge is 0.238 e. The lowest BCUT2D eigenvalue weighted by Crippen LogP contribution is -2.33. The van der Waals surface area contributed by atoms with E-state index in [1.54, 1.807) is 29.0 Å². The van der Waals surface area contributed by atoms with E-state index < -0.39 is 10.0 Å². The monoisotopic (exact) mass is 312 g/mol. The molecule has 1 atom stereocenters. The number of aromatic nitrogens is 1. The van der Waals surface area contributed by atoms with Gasteiger partial charge in [0.2, 0.25) is 10.0 Å². The predicted molar refractivity (Wildman–Crippen MR) is 78.3 cm³/mol. The summed E-state index contributed by atoms with van der Waals surface area (Å²) in [7, 11) is -3.63. The first-order valence-electron chi connectivity index (χ1n) is 5.95. The van der Waals surface area contributed by atoms with Crippen LogP contribution in [0.25, 0.3) is 0 Å². The van der Waals surface area contributed by atoms with Gasteiger partial charge in [0, 0.05) is 23.7 Å². The highest BCUT2D eigenvalue weighted by Gasteiger charge is 2.09. The number of hydrazine groups is 1. The van der Waals surface area contributed by atoms with Crippen LogP contribution in [-0.4, -0.2) is 13.4 Å². The number of nitrogens with two attached hydrogens (primary N) is 1. The van der Waals surface area contributed by atoms with Gasteiger partial charge >= 0.3 is 0 Å². The third kappa shape index (κ3) is 4.09. The molecule has 0 spiro atoms. The quantitative estimate of drug-likeness (QED) is 0.695. The van der Waals surface area contributed by atoms with Gasteiger partial charge in [-0.15, -0.1) is 11.3 Å². The number of hydrogen-bond acceptors (Lipinski definition) is 6. The second-order valence-electron chi connectivity index (χ2n) is 4.30. The van der Waals surface area contributed by atoms with Crippen LogP contribution in [0.2, 0.25) is 0 Å². The number of rotatable bonds is 6. The zero-order valence-corrected chi connectivity index (χ0v) is 12.5. The normalized spacial score (nSPS) is 13.3. The third-order valence-corrected chi connectivity index (χ3v) is 4.48. The number of primary sulfonamides is 1. The van der Waals surface area contributed by atoms with E-state index in [0.29, 0.717) is 6.54 Å². The van der Waals surface area contributed by atoms with Crippen LogP contribution in [-0.2, 0) is 16.6 Å². The Morgan fingerprint density at radius 1 is 1.35 bits per heavy atom. The molecule has 2 rings (SSSR count). The number of nitrogens with zero attached hydrogens (tertiary/aromatic N) is 1. The van der Waals surface area contributed by atoms with Crippen LogP contribution in [0, 0.1) is 0 Å². The van der Waals surface area contributed by atoms with Crippen LogP contribution in [0.15, 0.2) is 40.9 Å². The highest BCUT2D eigenvalue weighted by atomic mass is 32.2. The SMILES string of the molecule is CC(NNCc1cncs1)c1ccc(S(N)(=O)=O)cc1. The van der Waals surface area contributed by atoms with Crippen LogP contribution in [0.4, 0.5) is 0 Å². The highest BCUT2D eigenvalue weighted by Crippen LogP contribution is 2.15. The molecule has 1 unspecified atom stereocenters. The van der Waals surface area contributed by atoms with Gasteiger partial charge in [-0.05, 0) is 24.6 Å². The molecule has 0 aliphatic heterocycles. The average molecular weight is 312 g/mol. The van der Waals surface area contributed by atoms with Crippen molar-refractivity contribution in [1.82, 2.24) is 15.8 Å². The minimum absolute atomic E-state index is 0.0393. The van der Waals surface area contributed by atoms with Crippen molar-refractivity contribution in [2.24, 2.45) is 5.14 Å². The molecule has 0 saturated carbocycles. The van der Waals surface area contributed by atoms with Crippen molar-refractivity contribution in [3.8, 4) is 0 Å². The van der Waals surface area contributed by atoms with Crippen LogP contribution in [0.1, 0.15) is 23.4 Å². The third-order valence-electron chi connectivity index (χ3n) is 2.77. The Morgan fingerprint density at radius 3 is 2.60 bits per heavy atom. The van der Waals surface area contributed by atoms with Crippen LogP contribution < -0.4 is 16.0 Å². The van der Waals surface area contributed by atoms with Gasteiger partial charge in [0.15, 0.2) is 0 Å². The Balaban J connectivity index is 1.90. The Labute approximate surface area is 122 Å². The average Bonchev–Trinajstić information content (AvgIpc) is 2.91. The molecule has 0 bridgehead atoms. The maximum atomic E-state index is 11.2. The maximum Gasteiger partial charge on any atom is 0.238 e. The van der Waals surface area contributed by atoms with Gasteiger partial charge in [0.25, 0.3) is 0 Å². The molecule has 108 valence electrons. The molecule has 0 aliphatic carbocycles. The Morgan fingerprint density at radius 2 is 2.05 bits per heavy atom. The first-order chi connectivity index (χ1) is 9.47. The number of benzene rings is 1. The molecule has 6 nitrogen and oxygen atoms in total. The van der Waals surface area contributed by atoms with E-state index >= 15 is 0 Å². The zero-order chi connectivity index (χ0) is 14.6. The largest absolute Gasteiger partial charge is 0.253 e. The van der Waals surface area contributed by atoms with E-state index in [1.807, 2.05) is 13.1 Å². The van der Waals surface area contributed by atoms with E-state index in [9.17, 15) is 8.42 Å². The zero-order valence-electron chi connectivity index (χ0n) is 10.9. The molecule has 1 aromatic carbocycles. The molecule has 20 heavy (non-hydrogen) atoms. The van der Waals surface area contributed by atoms with Gasteiger partial charge in [-0.1, -0.05) is 12.1 Å². The van der Waals surface area contributed by atoms with Crippen LogP contribution in [0.5, 0.6) is 0 Å². The van der Waals surface area contributed by atoms with Gasteiger partial charge in [0.1, 0.15) is 0 Å². The van der Waals surface area contributed by atoms with Crippen molar-refractivity contribution in [3.63, 3.8) is 0 Å². The number of nitrogens with one attached hydrogen (secondary N) is 2. The topological polar surface area (TPSA) is 97.1 Å². The van der Waals surface area contributed by atoms with Crippen molar-refractivity contribution >= 4 is 21.4 Å². The first-order valence-corrected chi connectivity index (χ1v) is 8.38. The molecule has 8 heteroatoms.